The molecule has 2 aromatic heterocycles. The van der Waals surface area contributed by atoms with Gasteiger partial charge >= 0.3 is 0 Å². The van der Waals surface area contributed by atoms with Crippen LogP contribution in [0, 0.1) is 0 Å². The highest BCUT2D eigenvalue weighted by atomic mass is 35.5. The van der Waals surface area contributed by atoms with Crippen LogP contribution in [-0.2, 0) is 4.79 Å². The van der Waals surface area contributed by atoms with Crippen molar-refractivity contribution in [2.75, 3.05) is 11.9 Å². The largest absolute Gasteiger partial charge is 0.313 e. The van der Waals surface area contributed by atoms with E-state index in [1.54, 1.807) is 42.6 Å². The molecule has 0 bridgehead atoms. The molecule has 6 heteroatoms. The predicted octanol–water partition coefficient (Wildman–Crippen LogP) is 1.90. The van der Waals surface area contributed by atoms with Crippen LogP contribution in [0.25, 0.3) is 5.69 Å². The molecule has 17 heavy (non-hydrogen) atoms. The van der Waals surface area contributed by atoms with E-state index in [1.165, 1.54) is 11.8 Å². The van der Waals surface area contributed by atoms with Crippen molar-refractivity contribution in [3.8, 4) is 5.69 Å². The van der Waals surface area contributed by atoms with Crippen LogP contribution in [0.1, 0.15) is 6.92 Å². The summed E-state index contributed by atoms with van der Waals surface area (Å²) in [4.78, 5) is 16.7. The lowest BCUT2D eigenvalue weighted by molar-refractivity contribution is -0.116. The van der Waals surface area contributed by atoms with Gasteiger partial charge in [-0.05, 0) is 6.07 Å². The van der Waals surface area contributed by atoms with Gasteiger partial charge in [-0.2, -0.15) is 5.10 Å². The minimum atomic E-state index is -0.0474. The molecule has 0 saturated carbocycles. The molecular weight excluding hydrogens is 240 g/mol. The highest BCUT2D eigenvalue weighted by Crippen LogP contribution is 2.16. The first-order valence-electron chi connectivity index (χ1n) is 4.98. The maximum atomic E-state index is 11.2. The first-order chi connectivity index (χ1) is 8.08. The van der Waals surface area contributed by atoms with E-state index < -0.39 is 0 Å². The normalized spacial score (nSPS) is 10.3. The van der Waals surface area contributed by atoms with Gasteiger partial charge in [-0.3, -0.25) is 9.78 Å². The number of halogens is 1. The van der Waals surface area contributed by atoms with Crippen LogP contribution in [0.2, 0.25) is 5.02 Å². The zero-order valence-electron chi connectivity index (χ0n) is 9.46. The summed E-state index contributed by atoms with van der Waals surface area (Å²) in [7, 11) is 1.69. The Morgan fingerprint density at radius 1 is 1.41 bits per heavy atom. The molecule has 0 aliphatic rings. The van der Waals surface area contributed by atoms with Gasteiger partial charge in [0.05, 0.1) is 35.0 Å². The molecule has 0 saturated heterocycles. The second kappa shape index (κ2) is 4.55. The molecule has 0 aliphatic heterocycles. The summed E-state index contributed by atoms with van der Waals surface area (Å²) in [6.45, 7) is 1.50. The number of rotatable bonds is 2. The quantitative estimate of drug-likeness (QED) is 0.818. The highest BCUT2D eigenvalue weighted by Gasteiger charge is 2.08. The Kier molecular flexibility index (Phi) is 3.10. The van der Waals surface area contributed by atoms with Gasteiger partial charge in [0, 0.05) is 20.2 Å². The molecule has 0 radical (unpaired) electrons. The summed E-state index contributed by atoms with van der Waals surface area (Å²) >= 11 is 5.85. The van der Waals surface area contributed by atoms with Gasteiger partial charge in [0.25, 0.3) is 0 Å². The van der Waals surface area contributed by atoms with Gasteiger partial charge in [-0.15, -0.1) is 0 Å². The molecule has 2 heterocycles. The Morgan fingerprint density at radius 2 is 2.18 bits per heavy atom. The molecule has 0 aliphatic carbocycles. The van der Waals surface area contributed by atoms with Crippen LogP contribution in [-0.4, -0.2) is 27.7 Å². The lowest BCUT2D eigenvalue weighted by atomic mass is 10.4. The smallest absolute Gasteiger partial charge is 0.223 e. The fraction of sp³-hybridized carbons (Fsp3) is 0.182. The summed E-state index contributed by atoms with van der Waals surface area (Å²) in [5, 5.41) is 4.70. The third-order valence-electron chi connectivity index (χ3n) is 2.38. The van der Waals surface area contributed by atoms with E-state index in [2.05, 4.69) is 10.1 Å². The van der Waals surface area contributed by atoms with E-state index in [0.717, 1.165) is 11.4 Å². The fourth-order valence-electron chi connectivity index (χ4n) is 1.34. The molecule has 0 aromatic carbocycles. The second-order valence-electron chi connectivity index (χ2n) is 3.58. The number of amides is 1. The first-order valence-corrected chi connectivity index (χ1v) is 5.35. The van der Waals surface area contributed by atoms with E-state index in [4.69, 9.17) is 11.6 Å². The second-order valence-corrected chi connectivity index (χ2v) is 4.02. The minimum Gasteiger partial charge on any atom is -0.313 e. The molecule has 88 valence electrons. The van der Waals surface area contributed by atoms with Crippen molar-refractivity contribution in [1.29, 1.82) is 0 Å². The van der Waals surface area contributed by atoms with Crippen molar-refractivity contribution in [1.82, 2.24) is 14.8 Å². The molecule has 0 atom stereocenters. The number of hydrogen-bond acceptors (Lipinski definition) is 3. The lowest BCUT2D eigenvalue weighted by Crippen LogP contribution is -2.22. The lowest BCUT2D eigenvalue weighted by Gasteiger charge is -2.10. The molecule has 1 amide bonds. The van der Waals surface area contributed by atoms with E-state index in [9.17, 15) is 4.79 Å². The molecule has 2 rings (SSSR count). The highest BCUT2D eigenvalue weighted by molar-refractivity contribution is 6.30. The van der Waals surface area contributed by atoms with Crippen LogP contribution < -0.4 is 4.90 Å². The van der Waals surface area contributed by atoms with E-state index in [-0.39, 0.29) is 5.91 Å². The summed E-state index contributed by atoms with van der Waals surface area (Å²) in [5.74, 6) is -0.0474. The maximum absolute atomic E-state index is 11.2. The third-order valence-corrected chi connectivity index (χ3v) is 2.59. The zero-order chi connectivity index (χ0) is 12.4. The summed E-state index contributed by atoms with van der Waals surface area (Å²) in [5.41, 5.74) is 1.47. The Hall–Kier alpha value is -1.88. The van der Waals surface area contributed by atoms with Gasteiger partial charge in [0.2, 0.25) is 5.91 Å². The number of aromatic nitrogens is 3. The summed E-state index contributed by atoms with van der Waals surface area (Å²) in [6.07, 6.45) is 6.56. The van der Waals surface area contributed by atoms with Crippen molar-refractivity contribution in [3.63, 3.8) is 0 Å². The van der Waals surface area contributed by atoms with Gasteiger partial charge in [-0.25, -0.2) is 4.68 Å². The summed E-state index contributed by atoms with van der Waals surface area (Å²) < 4.78 is 1.62. The van der Waals surface area contributed by atoms with Crippen LogP contribution in [0.4, 0.5) is 5.69 Å². The first kappa shape index (κ1) is 11.6. The molecule has 0 fully saturated rings. The molecule has 2 aromatic rings. The van der Waals surface area contributed by atoms with E-state index in [1.807, 2.05) is 0 Å². The Balaban J connectivity index is 2.33. The van der Waals surface area contributed by atoms with Gasteiger partial charge in [-0.1, -0.05) is 11.6 Å². The zero-order valence-corrected chi connectivity index (χ0v) is 10.2. The molecule has 5 nitrogen and oxygen atoms in total. The van der Waals surface area contributed by atoms with Crippen molar-refractivity contribution >= 4 is 23.2 Å². The number of pyridine rings is 1. The Morgan fingerprint density at radius 3 is 2.82 bits per heavy atom. The number of carbonyl (C=O) groups excluding carboxylic acids is 1. The number of nitrogens with zero attached hydrogens (tertiary/aromatic N) is 4. The van der Waals surface area contributed by atoms with Gasteiger partial charge in [0.1, 0.15) is 0 Å². The monoisotopic (exact) mass is 250 g/mol. The van der Waals surface area contributed by atoms with Crippen LogP contribution in [0.5, 0.6) is 0 Å². The van der Waals surface area contributed by atoms with E-state index in [0.29, 0.717) is 5.02 Å². The fourth-order valence-corrected chi connectivity index (χ4v) is 1.50. The molecule has 0 unspecified atom stereocenters. The van der Waals surface area contributed by atoms with Gasteiger partial charge < -0.3 is 4.90 Å². The maximum Gasteiger partial charge on any atom is 0.223 e. The van der Waals surface area contributed by atoms with Crippen molar-refractivity contribution in [3.05, 3.63) is 35.9 Å². The molecule has 0 spiro atoms. The van der Waals surface area contributed by atoms with Crippen molar-refractivity contribution < 1.29 is 4.79 Å². The van der Waals surface area contributed by atoms with Crippen molar-refractivity contribution in [2.45, 2.75) is 6.92 Å². The Bertz CT molecular complexity index is 552. The third kappa shape index (κ3) is 2.45. The average molecular weight is 251 g/mol. The predicted molar refractivity (Wildman–Crippen MR) is 65.5 cm³/mol. The minimum absolute atomic E-state index is 0.0474. The average Bonchev–Trinajstić information content (AvgIpc) is 2.77. The molecule has 0 N–H and O–H groups in total. The number of anilines is 1. The topological polar surface area (TPSA) is 51.0 Å². The van der Waals surface area contributed by atoms with E-state index >= 15 is 0 Å². The number of hydrogen-bond donors (Lipinski definition) is 0. The van der Waals surface area contributed by atoms with Crippen LogP contribution >= 0.6 is 11.6 Å². The standard InChI is InChI=1S/C11H11ClN4O/c1-8(17)15(2)11-6-14-16(7-11)10-3-9(12)4-13-5-10/h3-7H,1-2H3. The summed E-state index contributed by atoms with van der Waals surface area (Å²) in [6, 6.07) is 1.75. The van der Waals surface area contributed by atoms with Gasteiger partial charge in [0.15, 0.2) is 0 Å². The number of carbonyl (C=O) groups is 1. The van der Waals surface area contributed by atoms with Crippen molar-refractivity contribution in [2.24, 2.45) is 0 Å². The SMILES string of the molecule is CC(=O)N(C)c1cnn(-c2cncc(Cl)c2)c1. The Labute approximate surface area is 104 Å². The molecular formula is C11H11ClN4O. The van der Waals surface area contributed by atoms with Crippen LogP contribution in [0.15, 0.2) is 30.9 Å². The van der Waals surface area contributed by atoms with Crippen LogP contribution in [0.3, 0.4) is 0 Å².